The molecule has 0 unspecified atom stereocenters. The Hall–Kier alpha value is -3.75. The zero-order valence-electron chi connectivity index (χ0n) is 19.4. The molecule has 0 aliphatic heterocycles. The summed E-state index contributed by atoms with van der Waals surface area (Å²) in [7, 11) is -0.319. The second-order valence-electron chi connectivity index (χ2n) is 8.53. The van der Waals surface area contributed by atoms with Crippen LogP contribution in [0.4, 0.5) is 0 Å². The highest BCUT2D eigenvalue weighted by Crippen LogP contribution is 2.43. The van der Waals surface area contributed by atoms with E-state index in [2.05, 4.69) is 98.8 Å². The van der Waals surface area contributed by atoms with Crippen LogP contribution in [0.5, 0.6) is 5.75 Å². The summed E-state index contributed by atoms with van der Waals surface area (Å²) in [5.41, 5.74) is 6.22. The molecule has 0 heterocycles. The molecule has 0 atom stereocenters. The molecule has 0 saturated heterocycles. The van der Waals surface area contributed by atoms with E-state index < -0.39 is 0 Å². The van der Waals surface area contributed by atoms with Gasteiger partial charge in [0, 0.05) is 23.3 Å². The first-order valence-electron chi connectivity index (χ1n) is 11.5. The molecule has 0 radical (unpaired) electrons. The van der Waals surface area contributed by atoms with E-state index in [0.717, 1.165) is 22.3 Å². The molecule has 0 aliphatic rings. The molecule has 0 saturated carbocycles. The largest absolute Gasteiger partial charge is 0.507 e. The topological polar surface area (TPSA) is 20.2 Å². The van der Waals surface area contributed by atoms with Gasteiger partial charge in [0.1, 0.15) is 5.75 Å². The third-order valence-electron chi connectivity index (χ3n) is 6.00. The number of aromatic hydroxyl groups is 1. The van der Waals surface area contributed by atoms with Crippen LogP contribution in [0.2, 0.25) is 0 Å². The number of hydrogen-bond donors (Lipinski definition) is 1. The number of phenolic OH excluding ortho intramolecular Hbond substituents is 1. The minimum Gasteiger partial charge on any atom is -0.507 e. The molecule has 0 fully saturated rings. The molecule has 5 aromatic rings. The highest BCUT2D eigenvalue weighted by molar-refractivity contribution is 7.97. The van der Waals surface area contributed by atoms with Crippen LogP contribution in [0.25, 0.3) is 22.3 Å². The highest BCUT2D eigenvalue weighted by atomic mass is 32.2. The molecule has 0 aliphatic carbocycles. The summed E-state index contributed by atoms with van der Waals surface area (Å²) in [5, 5.41) is 11.4. The van der Waals surface area contributed by atoms with Gasteiger partial charge in [-0.3, -0.25) is 0 Å². The van der Waals surface area contributed by atoms with Crippen molar-refractivity contribution in [3.63, 3.8) is 0 Å². The Morgan fingerprint density at radius 2 is 0.853 bits per heavy atom. The Labute approximate surface area is 204 Å². The van der Waals surface area contributed by atoms with E-state index in [1.807, 2.05) is 36.4 Å². The van der Waals surface area contributed by atoms with Gasteiger partial charge in [0.25, 0.3) is 0 Å². The van der Waals surface area contributed by atoms with Gasteiger partial charge in [-0.05, 0) is 49.2 Å². The Bertz CT molecular complexity index is 1280. The van der Waals surface area contributed by atoms with Crippen LogP contribution in [0.1, 0.15) is 11.1 Å². The Balaban J connectivity index is 1.78. The fourth-order valence-electron chi connectivity index (χ4n) is 4.16. The fraction of sp³-hybridized carbons (Fsp3) is 0.0625. The molecule has 2 heteroatoms. The van der Waals surface area contributed by atoms with E-state index >= 15 is 0 Å². The molecular formula is C32H27OS+. The average Bonchev–Trinajstić information content (AvgIpc) is 2.88. The lowest BCUT2D eigenvalue weighted by molar-refractivity contribution is 0.479. The maximum absolute atomic E-state index is 11.4. The SMILES string of the molecule is Cc1ccc([S+](c2ccc(C)cc2)c2cc(-c3ccccc3)c(O)c(-c3ccccc3)c2)cc1. The Morgan fingerprint density at radius 3 is 1.24 bits per heavy atom. The van der Waals surface area contributed by atoms with Crippen LogP contribution in [-0.2, 0) is 10.9 Å². The highest BCUT2D eigenvalue weighted by Gasteiger charge is 2.31. The van der Waals surface area contributed by atoms with Crippen molar-refractivity contribution < 1.29 is 5.11 Å². The van der Waals surface area contributed by atoms with E-state index in [1.54, 1.807) is 0 Å². The third-order valence-corrected chi connectivity index (χ3v) is 8.20. The van der Waals surface area contributed by atoms with Gasteiger partial charge in [0.15, 0.2) is 14.7 Å². The molecule has 0 bridgehead atoms. The molecule has 5 aromatic carbocycles. The number of aryl methyl sites for hydroxylation is 2. The first-order valence-corrected chi connectivity index (χ1v) is 12.7. The maximum atomic E-state index is 11.4. The van der Waals surface area contributed by atoms with Crippen molar-refractivity contribution >= 4 is 10.9 Å². The van der Waals surface area contributed by atoms with Crippen molar-refractivity contribution in [2.45, 2.75) is 28.5 Å². The molecule has 0 spiro atoms. The lowest BCUT2D eigenvalue weighted by Gasteiger charge is -2.15. The van der Waals surface area contributed by atoms with Crippen LogP contribution in [-0.4, -0.2) is 5.11 Å². The number of hydrogen-bond acceptors (Lipinski definition) is 1. The van der Waals surface area contributed by atoms with Crippen molar-refractivity contribution in [1.82, 2.24) is 0 Å². The van der Waals surface area contributed by atoms with Gasteiger partial charge in [-0.2, -0.15) is 0 Å². The normalized spacial score (nSPS) is 11.0. The average molecular weight is 460 g/mol. The van der Waals surface area contributed by atoms with Crippen molar-refractivity contribution in [3.8, 4) is 28.0 Å². The summed E-state index contributed by atoms with van der Waals surface area (Å²) in [5.74, 6) is 0.317. The van der Waals surface area contributed by atoms with E-state index in [9.17, 15) is 5.11 Å². The smallest absolute Gasteiger partial charge is 0.168 e. The van der Waals surface area contributed by atoms with Crippen LogP contribution < -0.4 is 0 Å². The third kappa shape index (κ3) is 4.50. The lowest BCUT2D eigenvalue weighted by Crippen LogP contribution is -2.06. The van der Waals surface area contributed by atoms with Crippen LogP contribution in [0.15, 0.2) is 136 Å². The quantitative estimate of drug-likeness (QED) is 0.261. The van der Waals surface area contributed by atoms with Gasteiger partial charge < -0.3 is 5.11 Å². The van der Waals surface area contributed by atoms with Crippen molar-refractivity contribution in [1.29, 1.82) is 0 Å². The number of rotatable bonds is 5. The zero-order valence-corrected chi connectivity index (χ0v) is 20.2. The summed E-state index contributed by atoms with van der Waals surface area (Å²) in [4.78, 5) is 3.71. The van der Waals surface area contributed by atoms with Gasteiger partial charge in [-0.1, -0.05) is 96.1 Å². The van der Waals surface area contributed by atoms with E-state index in [4.69, 9.17) is 0 Å². The second kappa shape index (κ2) is 9.62. The van der Waals surface area contributed by atoms with Crippen molar-refractivity contribution in [3.05, 3.63) is 132 Å². The van der Waals surface area contributed by atoms with Crippen LogP contribution in [0, 0.1) is 13.8 Å². The molecule has 0 amide bonds. The summed E-state index contributed by atoms with van der Waals surface area (Å²) in [6, 6.07) is 42.3. The number of benzene rings is 5. The minimum atomic E-state index is -0.319. The van der Waals surface area contributed by atoms with E-state index in [-0.39, 0.29) is 10.9 Å². The molecular weight excluding hydrogens is 432 g/mol. The van der Waals surface area contributed by atoms with E-state index in [1.165, 1.54) is 25.8 Å². The summed E-state index contributed by atoms with van der Waals surface area (Å²) >= 11 is 0. The molecule has 5 rings (SSSR count). The minimum absolute atomic E-state index is 0.317. The standard InChI is InChI=1S/C32H26OS/c1-23-13-17-27(18-14-23)34(28-19-15-24(2)16-20-28)29-21-30(25-9-5-3-6-10-25)32(33)31(22-29)26-11-7-4-8-12-26/h3-22H,1-2H3/p+1. The van der Waals surface area contributed by atoms with Crippen LogP contribution in [0.3, 0.4) is 0 Å². The monoisotopic (exact) mass is 459 g/mol. The first kappa shape index (κ1) is 22.1. The molecule has 34 heavy (non-hydrogen) atoms. The zero-order chi connectivity index (χ0) is 23.5. The molecule has 1 N–H and O–H groups in total. The molecule has 1 nitrogen and oxygen atoms in total. The summed E-state index contributed by atoms with van der Waals surface area (Å²) in [6.45, 7) is 4.24. The van der Waals surface area contributed by atoms with E-state index in [0.29, 0.717) is 5.75 Å². The number of phenols is 1. The fourth-order valence-corrected chi connectivity index (χ4v) is 6.26. The predicted molar refractivity (Wildman–Crippen MR) is 143 cm³/mol. The van der Waals surface area contributed by atoms with Crippen LogP contribution >= 0.6 is 0 Å². The van der Waals surface area contributed by atoms with Crippen molar-refractivity contribution in [2.75, 3.05) is 0 Å². The van der Waals surface area contributed by atoms with Gasteiger partial charge >= 0.3 is 0 Å². The molecule has 0 aromatic heterocycles. The van der Waals surface area contributed by atoms with Gasteiger partial charge in [0.05, 0.1) is 10.9 Å². The Kier molecular flexibility index (Phi) is 6.24. The predicted octanol–water partition coefficient (Wildman–Crippen LogP) is 8.44. The summed E-state index contributed by atoms with van der Waals surface area (Å²) in [6.07, 6.45) is 0. The molecule has 166 valence electrons. The lowest BCUT2D eigenvalue weighted by atomic mass is 9.97. The maximum Gasteiger partial charge on any atom is 0.168 e. The van der Waals surface area contributed by atoms with Gasteiger partial charge in [-0.15, -0.1) is 0 Å². The summed E-state index contributed by atoms with van der Waals surface area (Å²) < 4.78 is 0. The van der Waals surface area contributed by atoms with Crippen molar-refractivity contribution in [2.24, 2.45) is 0 Å². The first-order chi connectivity index (χ1) is 16.6. The Morgan fingerprint density at radius 1 is 0.471 bits per heavy atom. The van der Waals surface area contributed by atoms with Gasteiger partial charge in [0.2, 0.25) is 0 Å². The van der Waals surface area contributed by atoms with Gasteiger partial charge in [-0.25, -0.2) is 0 Å². The second-order valence-corrected chi connectivity index (χ2v) is 10.6.